The van der Waals surface area contributed by atoms with Gasteiger partial charge in [-0.2, -0.15) is 41.4 Å². The number of rotatable bonds is 3. The minimum Gasteiger partial charge on any atom is -0.493 e. The predicted molar refractivity (Wildman–Crippen MR) is 94.4 cm³/mol. The molecule has 36 heavy (non-hydrogen) atoms. The van der Waals surface area contributed by atoms with Gasteiger partial charge in [-0.25, -0.2) is 17.6 Å². The zero-order chi connectivity index (χ0) is 26.6. The van der Waals surface area contributed by atoms with Crippen LogP contribution >= 0.6 is 0 Å². The summed E-state index contributed by atoms with van der Waals surface area (Å²) in [4.78, 5) is 12.9. The number of aromatic hydroxyl groups is 1. The first-order chi connectivity index (χ1) is 16.0. The third kappa shape index (κ3) is 4.51. The van der Waals surface area contributed by atoms with Crippen molar-refractivity contribution in [1.82, 2.24) is 9.78 Å². The summed E-state index contributed by atoms with van der Waals surface area (Å²) >= 11 is 0. The van der Waals surface area contributed by atoms with Crippen LogP contribution in [0.15, 0.2) is 18.2 Å². The van der Waals surface area contributed by atoms with Gasteiger partial charge in [0.25, 0.3) is 0 Å². The summed E-state index contributed by atoms with van der Waals surface area (Å²) in [7, 11) is 0. The van der Waals surface area contributed by atoms with E-state index in [4.69, 9.17) is 5.26 Å². The number of carbonyl (C=O) groups excluding carboxylic acids is 1. The Morgan fingerprint density at radius 3 is 1.75 bits per heavy atom. The number of aromatic nitrogens is 2. The summed E-state index contributed by atoms with van der Waals surface area (Å²) < 4.78 is 137. The number of aryl methyl sites for hydroxylation is 1. The molecule has 0 aliphatic rings. The molecule has 0 amide bonds. The third-order valence-electron chi connectivity index (χ3n) is 4.73. The smallest absolute Gasteiger partial charge is 0.417 e. The van der Waals surface area contributed by atoms with Gasteiger partial charge in [0.2, 0.25) is 11.7 Å². The van der Waals surface area contributed by atoms with E-state index in [0.717, 1.165) is 13.0 Å². The van der Waals surface area contributed by atoms with E-state index in [-0.39, 0.29) is 33.9 Å². The number of alkyl halides is 6. The number of ketones is 1. The van der Waals surface area contributed by atoms with E-state index >= 15 is 0 Å². The predicted octanol–water partition coefficient (Wildman–Crippen LogP) is 5.58. The number of carbonyl (C=O) groups is 1. The molecular weight excluding hydrogens is 559 g/mol. The first kappa shape index (κ1) is 28.7. The van der Waals surface area contributed by atoms with E-state index in [1.165, 1.54) is 0 Å². The second-order valence-corrected chi connectivity index (χ2v) is 6.84. The normalized spacial score (nSPS) is 11.7. The van der Waals surface area contributed by atoms with Crippen LogP contribution in [0.25, 0.3) is 5.69 Å². The third-order valence-corrected chi connectivity index (χ3v) is 4.73. The van der Waals surface area contributed by atoms with Crippen LogP contribution in [-0.2, 0) is 29.4 Å². The van der Waals surface area contributed by atoms with Gasteiger partial charge in [0.05, 0.1) is 16.8 Å². The average Bonchev–Trinajstić information content (AvgIpc) is 3.04. The van der Waals surface area contributed by atoms with E-state index in [9.17, 15) is 53.8 Å². The molecule has 3 aromatic rings. The summed E-state index contributed by atoms with van der Waals surface area (Å²) in [5, 5.41) is 22.2. The maximum absolute atomic E-state index is 14.4. The number of nitriles is 1. The molecule has 1 radical (unpaired) electrons. The molecule has 0 bridgehead atoms. The number of hydrogen-bond acceptors (Lipinski definition) is 4. The Bertz CT molecular complexity index is 1360. The Hall–Kier alpha value is -3.57. The van der Waals surface area contributed by atoms with Crippen molar-refractivity contribution < 1.29 is 70.9 Å². The molecule has 0 atom stereocenters. The van der Waals surface area contributed by atoms with E-state index in [1.54, 1.807) is 0 Å². The van der Waals surface area contributed by atoms with Crippen LogP contribution < -0.4 is 0 Å². The molecule has 5 nitrogen and oxygen atoms in total. The second kappa shape index (κ2) is 9.47. The van der Waals surface area contributed by atoms with Gasteiger partial charge >= 0.3 is 12.4 Å². The maximum Gasteiger partial charge on any atom is 0.417 e. The molecule has 0 saturated heterocycles. The average molecular weight is 566 g/mol. The number of nitrogens with zero attached hydrogens (tertiary/aromatic N) is 3. The molecule has 0 unspecified atom stereocenters. The fraction of sp³-hybridized carbons (Fsp3) is 0.150. The summed E-state index contributed by atoms with van der Waals surface area (Å²) in [6, 6.07) is 1.54. The fourth-order valence-corrected chi connectivity index (χ4v) is 3.24. The van der Waals surface area contributed by atoms with Crippen molar-refractivity contribution in [2.75, 3.05) is 0 Å². The molecule has 0 saturated carbocycles. The van der Waals surface area contributed by atoms with Crippen LogP contribution in [-0.4, -0.2) is 20.7 Å². The largest absolute Gasteiger partial charge is 0.493 e. The Morgan fingerprint density at radius 2 is 1.36 bits per heavy atom. The summed E-state index contributed by atoms with van der Waals surface area (Å²) in [6.45, 7) is 0.763. The van der Waals surface area contributed by atoms with Gasteiger partial charge in [0, 0.05) is 22.6 Å². The summed E-state index contributed by atoms with van der Waals surface area (Å²) in [5.74, 6) is -12.9. The molecule has 16 heteroatoms. The van der Waals surface area contributed by atoms with Gasteiger partial charge in [0.1, 0.15) is 22.9 Å². The molecule has 0 aliphatic carbocycles. The van der Waals surface area contributed by atoms with Crippen molar-refractivity contribution in [2.45, 2.75) is 19.3 Å². The molecule has 191 valence electrons. The minimum absolute atomic E-state index is 0. The summed E-state index contributed by atoms with van der Waals surface area (Å²) in [6.07, 6.45) is -11.0. The van der Waals surface area contributed by atoms with Gasteiger partial charge in [-0.15, -0.1) is 0 Å². The van der Waals surface area contributed by atoms with Crippen LogP contribution in [0.2, 0.25) is 0 Å². The molecule has 0 aliphatic heterocycles. The molecular formula is C20H7F10MnN3O2. The zero-order valence-corrected chi connectivity index (χ0v) is 18.3. The first-order valence-corrected chi connectivity index (χ1v) is 8.91. The first-order valence-electron chi connectivity index (χ1n) is 8.91. The minimum atomic E-state index is -5.48. The van der Waals surface area contributed by atoms with Crippen molar-refractivity contribution in [1.29, 1.82) is 5.26 Å². The Morgan fingerprint density at radius 1 is 0.917 bits per heavy atom. The number of benzene rings is 2. The van der Waals surface area contributed by atoms with Crippen LogP contribution in [0.4, 0.5) is 43.9 Å². The van der Waals surface area contributed by atoms with Gasteiger partial charge in [0.15, 0.2) is 23.3 Å². The Kier molecular flexibility index (Phi) is 7.54. The van der Waals surface area contributed by atoms with Gasteiger partial charge in [-0.05, 0) is 19.1 Å². The topological polar surface area (TPSA) is 78.9 Å². The van der Waals surface area contributed by atoms with E-state index in [1.807, 2.05) is 0 Å². The Balaban J connectivity index is 0.00000456. The van der Waals surface area contributed by atoms with E-state index in [2.05, 4.69) is 5.10 Å². The quantitative estimate of drug-likeness (QED) is 0.195. The number of halogens is 10. The van der Waals surface area contributed by atoms with E-state index < -0.39 is 86.5 Å². The summed E-state index contributed by atoms with van der Waals surface area (Å²) in [5.41, 5.74) is -11.8. The van der Waals surface area contributed by atoms with E-state index in [0.29, 0.717) is 6.07 Å². The molecule has 2 aromatic carbocycles. The van der Waals surface area contributed by atoms with Crippen molar-refractivity contribution in [3.63, 3.8) is 0 Å². The van der Waals surface area contributed by atoms with Crippen LogP contribution in [0, 0.1) is 41.5 Å². The van der Waals surface area contributed by atoms with Gasteiger partial charge in [-0.3, -0.25) is 4.79 Å². The SMILES string of the molecule is Cc1nn(-c2c(F)c(F)c(C#N)c(F)c2F)c(O)c1C(=O)c1c(C(F)(F)F)cccc1C(F)(F)F.[Mn]. The number of hydrogen-bond donors (Lipinski definition) is 1. The van der Waals surface area contributed by atoms with Crippen LogP contribution in [0.5, 0.6) is 5.88 Å². The molecule has 0 fully saturated rings. The second-order valence-electron chi connectivity index (χ2n) is 6.84. The van der Waals surface area contributed by atoms with Crippen LogP contribution in [0.3, 0.4) is 0 Å². The maximum atomic E-state index is 14.4. The van der Waals surface area contributed by atoms with Crippen molar-refractivity contribution in [2.24, 2.45) is 0 Å². The van der Waals surface area contributed by atoms with Gasteiger partial charge < -0.3 is 5.11 Å². The zero-order valence-electron chi connectivity index (χ0n) is 17.1. The van der Waals surface area contributed by atoms with Crippen LogP contribution in [0.1, 0.15) is 38.3 Å². The van der Waals surface area contributed by atoms with Gasteiger partial charge in [-0.1, -0.05) is 6.07 Å². The molecule has 1 N–H and O–H groups in total. The van der Waals surface area contributed by atoms with Crippen molar-refractivity contribution in [3.8, 4) is 17.6 Å². The Labute approximate surface area is 204 Å². The van der Waals surface area contributed by atoms with Crippen molar-refractivity contribution in [3.05, 3.63) is 75.0 Å². The molecule has 1 heterocycles. The molecule has 3 rings (SSSR count). The monoisotopic (exact) mass is 566 g/mol. The molecule has 0 spiro atoms. The van der Waals surface area contributed by atoms with Crippen molar-refractivity contribution >= 4 is 5.78 Å². The molecule has 1 aromatic heterocycles. The fourth-order valence-electron chi connectivity index (χ4n) is 3.24. The standard InChI is InChI=1S/C20H7F10N3O2.Mn/c1-6-10(17(34)11-8(19(25,26)27)3-2-4-9(11)20(28,29)30)18(35)33(32-6)16-14(23)12(21)7(5-31)13(22)15(16)24;/h2-4,35H,1H3;.